The molecule has 1 saturated heterocycles. The van der Waals surface area contributed by atoms with Gasteiger partial charge in [-0.15, -0.1) is 5.10 Å². The van der Waals surface area contributed by atoms with Crippen LogP contribution in [-0.4, -0.2) is 40.0 Å². The highest BCUT2D eigenvalue weighted by molar-refractivity contribution is 5.75. The summed E-state index contributed by atoms with van der Waals surface area (Å²) in [6.07, 6.45) is 5.65. The van der Waals surface area contributed by atoms with Crippen molar-refractivity contribution in [2.24, 2.45) is 5.41 Å². The summed E-state index contributed by atoms with van der Waals surface area (Å²) in [4.78, 5) is 11.7. The molecular weight excluding hydrogens is 230 g/mol. The third kappa shape index (κ3) is 3.29. The first-order chi connectivity index (χ1) is 8.58. The predicted octanol–water partition coefficient (Wildman–Crippen LogP) is 0.173. The van der Waals surface area contributed by atoms with E-state index in [-0.39, 0.29) is 17.9 Å². The molecule has 1 atom stereocenters. The molecule has 0 spiro atoms. The number of aromatic nitrogens is 3. The zero-order valence-corrected chi connectivity index (χ0v) is 11.0. The highest BCUT2D eigenvalue weighted by Crippen LogP contribution is 2.29. The van der Waals surface area contributed by atoms with E-state index in [0.29, 0.717) is 12.6 Å². The van der Waals surface area contributed by atoms with Crippen molar-refractivity contribution in [3.8, 4) is 0 Å². The largest absolute Gasteiger partial charge is 0.353 e. The van der Waals surface area contributed by atoms with Crippen molar-refractivity contribution in [3.63, 3.8) is 0 Å². The average Bonchev–Trinajstić information content (AvgIpc) is 2.80. The van der Waals surface area contributed by atoms with Crippen LogP contribution in [0.15, 0.2) is 12.4 Å². The quantitative estimate of drug-likeness (QED) is 0.800. The lowest BCUT2D eigenvalue weighted by molar-refractivity contribution is -0.122. The van der Waals surface area contributed by atoms with Crippen molar-refractivity contribution in [2.45, 2.75) is 39.3 Å². The molecule has 1 amide bonds. The van der Waals surface area contributed by atoms with Crippen molar-refractivity contribution in [1.82, 2.24) is 25.6 Å². The van der Waals surface area contributed by atoms with Crippen molar-refractivity contribution in [2.75, 3.05) is 13.1 Å². The Kier molecular flexibility index (Phi) is 3.96. The first kappa shape index (κ1) is 13.0. The molecular formula is C12H21N5O. The SMILES string of the molecule is CC1(C)CCCNC1CNC(=O)Cn1ccnn1. The molecule has 6 heteroatoms. The van der Waals surface area contributed by atoms with Gasteiger partial charge in [0.1, 0.15) is 6.54 Å². The molecule has 2 heterocycles. The maximum atomic E-state index is 11.7. The van der Waals surface area contributed by atoms with Crippen LogP contribution >= 0.6 is 0 Å². The molecule has 1 unspecified atom stereocenters. The molecule has 1 aliphatic heterocycles. The molecule has 1 fully saturated rings. The second kappa shape index (κ2) is 5.48. The van der Waals surface area contributed by atoms with E-state index in [1.807, 2.05) is 0 Å². The van der Waals surface area contributed by atoms with E-state index in [2.05, 4.69) is 34.8 Å². The van der Waals surface area contributed by atoms with Crippen LogP contribution in [0.2, 0.25) is 0 Å². The van der Waals surface area contributed by atoms with Crippen LogP contribution in [0.25, 0.3) is 0 Å². The van der Waals surface area contributed by atoms with E-state index in [1.54, 1.807) is 12.4 Å². The highest BCUT2D eigenvalue weighted by Gasteiger charge is 2.31. The zero-order valence-electron chi connectivity index (χ0n) is 11.0. The monoisotopic (exact) mass is 251 g/mol. The zero-order chi connectivity index (χ0) is 13.0. The Morgan fingerprint density at radius 2 is 2.44 bits per heavy atom. The number of carbonyl (C=O) groups is 1. The van der Waals surface area contributed by atoms with Gasteiger partial charge in [0.2, 0.25) is 5.91 Å². The van der Waals surface area contributed by atoms with Gasteiger partial charge in [0.25, 0.3) is 0 Å². The Morgan fingerprint density at radius 1 is 1.61 bits per heavy atom. The summed E-state index contributed by atoms with van der Waals surface area (Å²) in [5, 5.41) is 13.9. The van der Waals surface area contributed by atoms with Gasteiger partial charge >= 0.3 is 0 Å². The van der Waals surface area contributed by atoms with Crippen molar-refractivity contribution >= 4 is 5.91 Å². The van der Waals surface area contributed by atoms with Crippen molar-refractivity contribution < 1.29 is 4.79 Å². The summed E-state index contributed by atoms with van der Waals surface area (Å²) in [5.74, 6) is -0.0244. The van der Waals surface area contributed by atoms with Crippen LogP contribution in [0.1, 0.15) is 26.7 Å². The summed E-state index contributed by atoms with van der Waals surface area (Å²) in [6, 6.07) is 0.339. The maximum absolute atomic E-state index is 11.7. The van der Waals surface area contributed by atoms with Gasteiger partial charge in [-0.1, -0.05) is 19.1 Å². The van der Waals surface area contributed by atoms with Crippen LogP contribution in [0.4, 0.5) is 0 Å². The number of hydrogen-bond acceptors (Lipinski definition) is 4. The number of piperidine rings is 1. The Hall–Kier alpha value is -1.43. The highest BCUT2D eigenvalue weighted by atomic mass is 16.2. The summed E-state index contributed by atoms with van der Waals surface area (Å²) >= 11 is 0. The Labute approximate surface area is 107 Å². The Morgan fingerprint density at radius 3 is 3.11 bits per heavy atom. The second-order valence-corrected chi connectivity index (χ2v) is 5.50. The molecule has 18 heavy (non-hydrogen) atoms. The molecule has 100 valence electrons. The van der Waals surface area contributed by atoms with Gasteiger partial charge < -0.3 is 10.6 Å². The molecule has 1 aromatic rings. The minimum absolute atomic E-state index is 0.0244. The standard InChI is InChI=1S/C12H21N5O/c1-12(2)4-3-5-13-10(12)8-14-11(18)9-17-7-6-15-16-17/h6-7,10,13H,3-5,8-9H2,1-2H3,(H,14,18). The molecule has 0 radical (unpaired) electrons. The third-order valence-corrected chi connectivity index (χ3v) is 3.61. The van der Waals surface area contributed by atoms with Gasteiger partial charge in [-0.2, -0.15) is 0 Å². The lowest BCUT2D eigenvalue weighted by Crippen LogP contribution is -2.53. The fourth-order valence-corrected chi connectivity index (χ4v) is 2.36. The van der Waals surface area contributed by atoms with E-state index in [0.717, 1.165) is 6.54 Å². The van der Waals surface area contributed by atoms with Crippen molar-refractivity contribution in [3.05, 3.63) is 12.4 Å². The minimum Gasteiger partial charge on any atom is -0.353 e. The van der Waals surface area contributed by atoms with E-state index in [4.69, 9.17) is 0 Å². The number of nitrogens with zero attached hydrogens (tertiary/aromatic N) is 3. The fourth-order valence-electron chi connectivity index (χ4n) is 2.36. The molecule has 0 aliphatic carbocycles. The predicted molar refractivity (Wildman–Crippen MR) is 67.8 cm³/mol. The fraction of sp³-hybridized carbons (Fsp3) is 0.750. The number of hydrogen-bond donors (Lipinski definition) is 2. The Balaban J connectivity index is 1.78. The molecule has 2 N–H and O–H groups in total. The van der Waals surface area contributed by atoms with Crippen molar-refractivity contribution in [1.29, 1.82) is 0 Å². The lowest BCUT2D eigenvalue weighted by Gasteiger charge is -2.39. The number of nitrogens with one attached hydrogen (secondary N) is 2. The number of amides is 1. The van der Waals surface area contributed by atoms with Crippen LogP contribution in [-0.2, 0) is 11.3 Å². The molecule has 1 aliphatic rings. The third-order valence-electron chi connectivity index (χ3n) is 3.61. The smallest absolute Gasteiger partial charge is 0.241 e. The van der Waals surface area contributed by atoms with Gasteiger partial charge in [-0.3, -0.25) is 4.79 Å². The maximum Gasteiger partial charge on any atom is 0.241 e. The normalized spacial score (nSPS) is 22.7. The van der Waals surface area contributed by atoms with E-state index < -0.39 is 0 Å². The summed E-state index contributed by atoms with van der Waals surface area (Å²) in [5.41, 5.74) is 0.235. The summed E-state index contributed by atoms with van der Waals surface area (Å²) in [6.45, 7) is 6.42. The van der Waals surface area contributed by atoms with Gasteiger partial charge in [-0.05, 0) is 24.8 Å². The topological polar surface area (TPSA) is 71.8 Å². The Bertz CT molecular complexity index is 387. The first-order valence-electron chi connectivity index (χ1n) is 6.42. The van der Waals surface area contributed by atoms with Gasteiger partial charge in [-0.25, -0.2) is 4.68 Å². The lowest BCUT2D eigenvalue weighted by atomic mass is 9.77. The van der Waals surface area contributed by atoms with Crippen LogP contribution in [0.5, 0.6) is 0 Å². The molecule has 2 rings (SSSR count). The van der Waals surface area contributed by atoms with Crippen LogP contribution in [0.3, 0.4) is 0 Å². The summed E-state index contributed by atoms with van der Waals surface area (Å²) in [7, 11) is 0. The van der Waals surface area contributed by atoms with Gasteiger partial charge in [0, 0.05) is 18.8 Å². The van der Waals surface area contributed by atoms with E-state index in [1.165, 1.54) is 17.5 Å². The van der Waals surface area contributed by atoms with Gasteiger partial charge in [0.15, 0.2) is 0 Å². The molecule has 1 aromatic heterocycles. The molecule has 0 bridgehead atoms. The number of rotatable bonds is 4. The van der Waals surface area contributed by atoms with Crippen LogP contribution < -0.4 is 10.6 Å². The summed E-state index contributed by atoms with van der Waals surface area (Å²) < 4.78 is 1.52. The molecule has 0 aromatic carbocycles. The van der Waals surface area contributed by atoms with Crippen LogP contribution in [0, 0.1) is 5.41 Å². The average molecular weight is 251 g/mol. The van der Waals surface area contributed by atoms with Gasteiger partial charge in [0.05, 0.1) is 6.20 Å². The van der Waals surface area contributed by atoms with E-state index >= 15 is 0 Å². The van der Waals surface area contributed by atoms with E-state index in [9.17, 15) is 4.79 Å². The number of carbonyl (C=O) groups excluding carboxylic acids is 1. The molecule has 0 saturated carbocycles. The second-order valence-electron chi connectivity index (χ2n) is 5.50. The first-order valence-corrected chi connectivity index (χ1v) is 6.42. The minimum atomic E-state index is -0.0244. The molecule has 6 nitrogen and oxygen atoms in total.